The largest absolute Gasteiger partial charge is 0.320 e. The van der Waals surface area contributed by atoms with Gasteiger partial charge in [0.25, 0.3) is 0 Å². The van der Waals surface area contributed by atoms with Crippen LogP contribution in [0, 0.1) is 0 Å². The lowest BCUT2D eigenvalue weighted by Crippen LogP contribution is -2.06. The Morgan fingerprint density at radius 2 is 1.54 bits per heavy atom. The number of nitrogens with one attached hydrogen (secondary N) is 1. The molecule has 0 rings (SSSR count). The van der Waals surface area contributed by atoms with E-state index in [1.165, 1.54) is 51.5 Å². The second-order valence-electron chi connectivity index (χ2n) is 3.79. The Kier molecular flexibility index (Phi) is 11.3. The summed E-state index contributed by atoms with van der Waals surface area (Å²) in [6.07, 6.45) is 9.88. The summed E-state index contributed by atoms with van der Waals surface area (Å²) >= 11 is 2.51. The van der Waals surface area contributed by atoms with Crippen LogP contribution in [0.4, 0.5) is 0 Å². The number of hydrogen-bond acceptors (Lipinski definition) is 1. The minimum Gasteiger partial charge on any atom is -0.320 e. The number of hydrogen-bond donors (Lipinski definition) is 1. The molecule has 0 aromatic rings. The Balaban J connectivity index is 2.84. The van der Waals surface area contributed by atoms with Gasteiger partial charge < -0.3 is 5.32 Å². The first-order valence-corrected chi connectivity index (χ1v) is 6.80. The molecule has 0 saturated heterocycles. The van der Waals surface area contributed by atoms with Crippen LogP contribution in [0.5, 0.6) is 0 Å². The van der Waals surface area contributed by atoms with E-state index in [0.29, 0.717) is 0 Å². The standard InChI is InChI=1S/C11H24IN/c1-11(12)9-7-5-3-4-6-8-10-13-2/h11,13H,3-10H2,1-2H3. The predicted molar refractivity (Wildman–Crippen MR) is 69.7 cm³/mol. The third kappa shape index (κ3) is 12.7. The maximum Gasteiger partial charge on any atom is 0.00813 e. The molecule has 0 aromatic heterocycles. The zero-order chi connectivity index (χ0) is 9.94. The lowest BCUT2D eigenvalue weighted by Gasteiger charge is -2.03. The first kappa shape index (κ1) is 13.7. The summed E-state index contributed by atoms with van der Waals surface area (Å²) in [5.41, 5.74) is 0. The van der Waals surface area contributed by atoms with Gasteiger partial charge in [-0.25, -0.2) is 0 Å². The molecule has 0 fully saturated rings. The fraction of sp³-hybridized carbons (Fsp3) is 1.00. The summed E-state index contributed by atoms with van der Waals surface area (Å²) in [5, 5.41) is 3.18. The Morgan fingerprint density at radius 1 is 1.00 bits per heavy atom. The van der Waals surface area contributed by atoms with Gasteiger partial charge in [-0.1, -0.05) is 61.6 Å². The molecular formula is C11H24IN. The molecule has 0 amide bonds. The molecule has 1 unspecified atom stereocenters. The third-order valence-electron chi connectivity index (χ3n) is 2.28. The topological polar surface area (TPSA) is 12.0 Å². The van der Waals surface area contributed by atoms with Crippen molar-refractivity contribution in [2.24, 2.45) is 0 Å². The van der Waals surface area contributed by atoms with Gasteiger partial charge in [0.15, 0.2) is 0 Å². The molecule has 13 heavy (non-hydrogen) atoms. The van der Waals surface area contributed by atoms with E-state index >= 15 is 0 Å². The molecule has 80 valence electrons. The lowest BCUT2D eigenvalue weighted by atomic mass is 10.1. The summed E-state index contributed by atoms with van der Waals surface area (Å²) in [4.78, 5) is 0. The van der Waals surface area contributed by atoms with Crippen LogP contribution in [-0.2, 0) is 0 Å². The van der Waals surface area contributed by atoms with Gasteiger partial charge in [0, 0.05) is 3.92 Å². The quantitative estimate of drug-likeness (QED) is 0.388. The fourth-order valence-electron chi connectivity index (χ4n) is 1.43. The molecule has 0 aromatic carbocycles. The van der Waals surface area contributed by atoms with Crippen LogP contribution in [0.15, 0.2) is 0 Å². The highest BCUT2D eigenvalue weighted by molar-refractivity contribution is 14.1. The van der Waals surface area contributed by atoms with E-state index in [1.54, 1.807) is 0 Å². The monoisotopic (exact) mass is 297 g/mol. The second-order valence-corrected chi connectivity index (χ2v) is 5.92. The summed E-state index contributed by atoms with van der Waals surface area (Å²) < 4.78 is 0.863. The molecule has 1 N–H and O–H groups in total. The summed E-state index contributed by atoms with van der Waals surface area (Å²) in [6.45, 7) is 3.48. The Hall–Kier alpha value is 0.690. The van der Waals surface area contributed by atoms with Gasteiger partial charge >= 0.3 is 0 Å². The SMILES string of the molecule is CNCCCCCCCCC(C)I. The van der Waals surface area contributed by atoms with E-state index in [-0.39, 0.29) is 0 Å². The highest BCUT2D eigenvalue weighted by Crippen LogP contribution is 2.12. The van der Waals surface area contributed by atoms with Gasteiger partial charge in [-0.15, -0.1) is 0 Å². The van der Waals surface area contributed by atoms with E-state index in [4.69, 9.17) is 0 Å². The molecule has 1 nitrogen and oxygen atoms in total. The smallest absolute Gasteiger partial charge is 0.00813 e. The Bertz CT molecular complexity index is 94.1. The van der Waals surface area contributed by atoms with Crippen molar-refractivity contribution in [3.63, 3.8) is 0 Å². The van der Waals surface area contributed by atoms with Gasteiger partial charge in [-0.05, 0) is 26.4 Å². The van der Waals surface area contributed by atoms with Crippen molar-refractivity contribution in [3.05, 3.63) is 0 Å². The number of unbranched alkanes of at least 4 members (excludes halogenated alkanes) is 5. The summed E-state index contributed by atoms with van der Waals surface area (Å²) in [6, 6.07) is 0. The van der Waals surface area contributed by atoms with Gasteiger partial charge in [-0.3, -0.25) is 0 Å². The van der Waals surface area contributed by atoms with Gasteiger partial charge in [0.2, 0.25) is 0 Å². The molecule has 0 bridgehead atoms. The van der Waals surface area contributed by atoms with Crippen LogP contribution in [0.2, 0.25) is 0 Å². The van der Waals surface area contributed by atoms with E-state index in [9.17, 15) is 0 Å². The van der Waals surface area contributed by atoms with Crippen LogP contribution in [0.1, 0.15) is 51.9 Å². The zero-order valence-corrected chi connectivity index (χ0v) is 11.3. The fourth-order valence-corrected chi connectivity index (χ4v) is 1.87. The van der Waals surface area contributed by atoms with Crippen molar-refractivity contribution in [3.8, 4) is 0 Å². The second kappa shape index (κ2) is 10.8. The Labute approximate surface area is 97.2 Å². The van der Waals surface area contributed by atoms with E-state index in [0.717, 1.165) is 3.92 Å². The molecule has 1 atom stereocenters. The first-order valence-electron chi connectivity index (χ1n) is 5.56. The zero-order valence-electron chi connectivity index (χ0n) is 9.11. The summed E-state index contributed by atoms with van der Waals surface area (Å²) in [7, 11) is 2.03. The van der Waals surface area contributed by atoms with Crippen LogP contribution < -0.4 is 5.32 Å². The van der Waals surface area contributed by atoms with Crippen molar-refractivity contribution >= 4 is 22.6 Å². The summed E-state index contributed by atoms with van der Waals surface area (Å²) in [5.74, 6) is 0. The van der Waals surface area contributed by atoms with Gasteiger partial charge in [0.05, 0.1) is 0 Å². The third-order valence-corrected chi connectivity index (χ3v) is 2.90. The molecule has 0 aliphatic heterocycles. The van der Waals surface area contributed by atoms with Gasteiger partial charge in [0.1, 0.15) is 0 Å². The highest BCUT2D eigenvalue weighted by atomic mass is 127. The molecule has 0 saturated carbocycles. The van der Waals surface area contributed by atoms with E-state index in [1.807, 2.05) is 7.05 Å². The molecule has 0 aliphatic carbocycles. The van der Waals surface area contributed by atoms with Crippen molar-refractivity contribution in [2.45, 2.75) is 55.8 Å². The predicted octanol–water partition coefficient (Wildman–Crippen LogP) is 3.76. The average molecular weight is 297 g/mol. The maximum absolute atomic E-state index is 3.18. The average Bonchev–Trinajstić information content (AvgIpc) is 2.09. The van der Waals surface area contributed by atoms with Crippen molar-refractivity contribution in [2.75, 3.05) is 13.6 Å². The number of halogens is 1. The van der Waals surface area contributed by atoms with Crippen molar-refractivity contribution in [1.82, 2.24) is 5.32 Å². The van der Waals surface area contributed by atoms with Crippen molar-refractivity contribution in [1.29, 1.82) is 0 Å². The van der Waals surface area contributed by atoms with Crippen LogP contribution in [0.25, 0.3) is 0 Å². The van der Waals surface area contributed by atoms with Crippen LogP contribution in [0.3, 0.4) is 0 Å². The number of alkyl halides is 1. The molecular weight excluding hydrogens is 273 g/mol. The van der Waals surface area contributed by atoms with Crippen LogP contribution >= 0.6 is 22.6 Å². The maximum atomic E-state index is 3.18. The molecule has 0 radical (unpaired) electrons. The molecule has 0 aliphatic rings. The normalized spacial score (nSPS) is 13.2. The molecule has 2 heteroatoms. The Morgan fingerprint density at radius 3 is 2.08 bits per heavy atom. The highest BCUT2D eigenvalue weighted by Gasteiger charge is 1.95. The minimum absolute atomic E-state index is 0.863. The minimum atomic E-state index is 0.863. The first-order chi connectivity index (χ1) is 6.27. The van der Waals surface area contributed by atoms with Crippen LogP contribution in [-0.4, -0.2) is 17.5 Å². The lowest BCUT2D eigenvalue weighted by molar-refractivity contribution is 0.572. The molecule has 0 heterocycles. The van der Waals surface area contributed by atoms with Gasteiger partial charge in [-0.2, -0.15) is 0 Å². The number of rotatable bonds is 9. The molecule has 0 spiro atoms. The van der Waals surface area contributed by atoms with E-state index < -0.39 is 0 Å². The van der Waals surface area contributed by atoms with Crippen molar-refractivity contribution < 1.29 is 0 Å². The van der Waals surface area contributed by atoms with E-state index in [2.05, 4.69) is 34.8 Å².